The largest absolute Gasteiger partial charge is 0.352 e. The molecule has 0 unspecified atom stereocenters. The highest BCUT2D eigenvalue weighted by molar-refractivity contribution is 5.86. The molecule has 0 saturated carbocycles. The number of nitrogens with zero attached hydrogens (tertiary/aromatic N) is 8. The average Bonchev–Trinajstić information content (AvgIpc) is 2.97. The van der Waals surface area contributed by atoms with Crippen molar-refractivity contribution in [3.63, 3.8) is 0 Å². The van der Waals surface area contributed by atoms with Crippen molar-refractivity contribution >= 4 is 22.8 Å². The second kappa shape index (κ2) is 5.41. The Morgan fingerprint density at radius 2 is 1.61 bits per heavy atom. The van der Waals surface area contributed by atoms with Crippen LogP contribution in [0.1, 0.15) is 0 Å². The summed E-state index contributed by atoms with van der Waals surface area (Å²) in [7, 11) is 1.86. The lowest BCUT2D eigenvalue weighted by molar-refractivity contribution is 0.602. The quantitative estimate of drug-likeness (QED) is 0.686. The lowest BCUT2D eigenvalue weighted by Crippen LogP contribution is -2.47. The Bertz CT molecular complexity index is 822. The first kappa shape index (κ1) is 13.8. The van der Waals surface area contributed by atoms with Crippen LogP contribution in [-0.2, 0) is 7.05 Å². The molecule has 1 saturated heterocycles. The molecule has 0 radical (unpaired) electrons. The molecule has 23 heavy (non-hydrogen) atoms. The summed E-state index contributed by atoms with van der Waals surface area (Å²) in [6.45, 7) is 3.05. The fraction of sp³-hybridized carbons (Fsp3) is 0.357. The highest BCUT2D eigenvalue weighted by atomic mass is 19.1. The zero-order valence-corrected chi connectivity index (χ0v) is 12.6. The average molecular weight is 314 g/mol. The fourth-order valence-electron chi connectivity index (χ4n) is 2.79. The predicted molar refractivity (Wildman–Crippen MR) is 82.7 cm³/mol. The molecule has 0 spiro atoms. The number of hydrogen-bond acceptors (Lipinski definition) is 7. The summed E-state index contributed by atoms with van der Waals surface area (Å²) >= 11 is 0. The number of rotatable bonds is 2. The standard InChI is InChI=1S/C14H15FN8/c1-21-12-11(8-20-21)13(19-9-18-12)22-2-4-23(5-3-22)14-16-6-10(15)7-17-14/h6-9H,2-5H2,1H3. The molecular formula is C14H15FN8. The highest BCUT2D eigenvalue weighted by Gasteiger charge is 2.22. The van der Waals surface area contributed by atoms with Crippen molar-refractivity contribution in [1.82, 2.24) is 29.7 Å². The van der Waals surface area contributed by atoms with Crippen LogP contribution in [0.5, 0.6) is 0 Å². The monoisotopic (exact) mass is 314 g/mol. The van der Waals surface area contributed by atoms with E-state index in [0.717, 1.165) is 43.0 Å². The summed E-state index contributed by atoms with van der Waals surface area (Å²) in [6, 6.07) is 0. The zero-order valence-electron chi connectivity index (χ0n) is 12.6. The number of anilines is 2. The van der Waals surface area contributed by atoms with Crippen LogP contribution in [0.2, 0.25) is 0 Å². The normalized spacial score (nSPS) is 15.4. The maximum atomic E-state index is 12.9. The molecule has 0 amide bonds. The van der Waals surface area contributed by atoms with Crippen LogP contribution in [0.25, 0.3) is 11.0 Å². The van der Waals surface area contributed by atoms with Crippen molar-refractivity contribution in [3.05, 3.63) is 30.7 Å². The van der Waals surface area contributed by atoms with Gasteiger partial charge in [-0.15, -0.1) is 0 Å². The smallest absolute Gasteiger partial charge is 0.225 e. The topological polar surface area (TPSA) is 75.9 Å². The SMILES string of the molecule is Cn1ncc2c(N3CCN(c4ncc(F)cn4)CC3)ncnc21. The van der Waals surface area contributed by atoms with Gasteiger partial charge in [0.1, 0.15) is 12.1 Å². The molecule has 4 rings (SSSR count). The van der Waals surface area contributed by atoms with Gasteiger partial charge in [-0.1, -0.05) is 0 Å². The summed E-state index contributed by atoms with van der Waals surface area (Å²) in [4.78, 5) is 21.0. The van der Waals surface area contributed by atoms with Crippen LogP contribution in [0.3, 0.4) is 0 Å². The van der Waals surface area contributed by atoms with Gasteiger partial charge in [-0.25, -0.2) is 24.3 Å². The van der Waals surface area contributed by atoms with Crippen molar-refractivity contribution in [1.29, 1.82) is 0 Å². The first-order chi connectivity index (χ1) is 11.2. The van der Waals surface area contributed by atoms with Crippen LogP contribution in [0.15, 0.2) is 24.9 Å². The maximum Gasteiger partial charge on any atom is 0.225 e. The summed E-state index contributed by atoms with van der Waals surface area (Å²) in [5.74, 6) is 1.02. The Labute approximate surface area is 131 Å². The van der Waals surface area contributed by atoms with Gasteiger partial charge in [-0.05, 0) is 0 Å². The van der Waals surface area contributed by atoms with E-state index in [1.54, 1.807) is 17.2 Å². The molecule has 0 N–H and O–H groups in total. The fourth-order valence-corrected chi connectivity index (χ4v) is 2.79. The third kappa shape index (κ3) is 2.43. The molecule has 0 aromatic carbocycles. The van der Waals surface area contributed by atoms with E-state index >= 15 is 0 Å². The molecule has 0 aliphatic carbocycles. The van der Waals surface area contributed by atoms with Crippen LogP contribution >= 0.6 is 0 Å². The first-order valence-corrected chi connectivity index (χ1v) is 7.32. The van der Waals surface area contributed by atoms with Crippen molar-refractivity contribution in [3.8, 4) is 0 Å². The summed E-state index contributed by atoms with van der Waals surface area (Å²) < 4.78 is 14.7. The molecule has 4 heterocycles. The van der Waals surface area contributed by atoms with E-state index in [4.69, 9.17) is 0 Å². The van der Waals surface area contributed by atoms with Gasteiger partial charge in [0, 0.05) is 33.2 Å². The van der Waals surface area contributed by atoms with Crippen LogP contribution in [0.4, 0.5) is 16.2 Å². The van der Waals surface area contributed by atoms with Gasteiger partial charge in [-0.3, -0.25) is 4.68 Å². The maximum absolute atomic E-state index is 12.9. The number of halogens is 1. The molecule has 8 nitrogen and oxygen atoms in total. The molecule has 118 valence electrons. The number of hydrogen-bond donors (Lipinski definition) is 0. The minimum absolute atomic E-state index is 0.424. The Balaban J connectivity index is 1.54. The molecule has 1 aliphatic rings. The number of piperazine rings is 1. The van der Waals surface area contributed by atoms with Crippen molar-refractivity contribution in [2.24, 2.45) is 7.05 Å². The summed E-state index contributed by atoms with van der Waals surface area (Å²) in [6.07, 6.45) is 5.74. The molecule has 3 aromatic rings. The third-order valence-corrected chi connectivity index (χ3v) is 3.98. The van der Waals surface area contributed by atoms with Crippen molar-refractivity contribution < 1.29 is 4.39 Å². The lowest BCUT2D eigenvalue weighted by Gasteiger charge is -2.35. The van der Waals surface area contributed by atoms with Gasteiger partial charge in [-0.2, -0.15) is 5.10 Å². The second-order valence-corrected chi connectivity index (χ2v) is 5.38. The minimum atomic E-state index is -0.424. The molecule has 0 atom stereocenters. The van der Waals surface area contributed by atoms with Gasteiger partial charge in [0.05, 0.1) is 24.0 Å². The molecule has 3 aromatic heterocycles. The molecule has 9 heteroatoms. The van der Waals surface area contributed by atoms with E-state index in [1.165, 1.54) is 12.4 Å². The molecule has 0 bridgehead atoms. The van der Waals surface area contributed by atoms with Gasteiger partial charge in [0.2, 0.25) is 5.95 Å². The zero-order chi connectivity index (χ0) is 15.8. The Morgan fingerprint density at radius 3 is 2.35 bits per heavy atom. The second-order valence-electron chi connectivity index (χ2n) is 5.38. The van der Waals surface area contributed by atoms with Crippen LogP contribution in [-0.4, -0.2) is 55.9 Å². The highest BCUT2D eigenvalue weighted by Crippen LogP contribution is 2.23. The Kier molecular flexibility index (Phi) is 3.25. The lowest BCUT2D eigenvalue weighted by atomic mass is 10.3. The van der Waals surface area contributed by atoms with Gasteiger partial charge in [0.25, 0.3) is 0 Å². The van der Waals surface area contributed by atoms with Gasteiger partial charge < -0.3 is 9.80 Å². The van der Waals surface area contributed by atoms with Gasteiger partial charge >= 0.3 is 0 Å². The van der Waals surface area contributed by atoms with E-state index in [1.807, 2.05) is 11.9 Å². The van der Waals surface area contributed by atoms with E-state index in [0.29, 0.717) is 5.95 Å². The molecule has 1 fully saturated rings. The Hall–Kier alpha value is -2.84. The minimum Gasteiger partial charge on any atom is -0.352 e. The number of aromatic nitrogens is 6. The Morgan fingerprint density at radius 1 is 0.913 bits per heavy atom. The molecule has 1 aliphatic heterocycles. The van der Waals surface area contributed by atoms with Gasteiger partial charge in [0.15, 0.2) is 11.5 Å². The van der Waals surface area contributed by atoms with Crippen LogP contribution < -0.4 is 9.80 Å². The number of fused-ring (bicyclic) bond motifs is 1. The summed E-state index contributed by atoms with van der Waals surface area (Å²) in [5.41, 5.74) is 0.819. The van der Waals surface area contributed by atoms with Crippen molar-refractivity contribution in [2.75, 3.05) is 36.0 Å². The predicted octanol–water partition coefficient (Wildman–Crippen LogP) is 0.619. The van der Waals surface area contributed by atoms with E-state index in [-0.39, 0.29) is 0 Å². The third-order valence-electron chi connectivity index (χ3n) is 3.98. The van der Waals surface area contributed by atoms with E-state index < -0.39 is 5.82 Å². The molecular weight excluding hydrogens is 299 g/mol. The summed E-state index contributed by atoms with van der Waals surface area (Å²) in [5, 5.41) is 5.19. The van der Waals surface area contributed by atoms with Crippen LogP contribution in [0, 0.1) is 5.82 Å². The number of aryl methyl sites for hydroxylation is 1. The van der Waals surface area contributed by atoms with E-state index in [9.17, 15) is 4.39 Å². The first-order valence-electron chi connectivity index (χ1n) is 7.32. The van der Waals surface area contributed by atoms with E-state index in [2.05, 4.69) is 29.9 Å². The van der Waals surface area contributed by atoms with Crippen molar-refractivity contribution in [2.45, 2.75) is 0 Å².